The number of rotatable bonds is 12. The predicted molar refractivity (Wildman–Crippen MR) is 86.1 cm³/mol. The molecule has 0 aliphatic rings. The number of Topliss-reactive ketones (excluding diaryl/α,β-unsaturated/α-hetero) is 1. The van der Waals surface area contributed by atoms with Crippen LogP contribution in [0.1, 0.15) is 19.8 Å². The molecular formula is C15H22FNO4S. The molecule has 1 rings (SSSR count). The van der Waals surface area contributed by atoms with Crippen LogP contribution < -0.4 is 9.46 Å². The first-order chi connectivity index (χ1) is 10.7. The summed E-state index contributed by atoms with van der Waals surface area (Å²) < 4.78 is 31.9. The Morgan fingerprint density at radius 3 is 2.73 bits per heavy atom. The summed E-state index contributed by atoms with van der Waals surface area (Å²) in [5, 5.41) is 0. The number of benzene rings is 1. The van der Waals surface area contributed by atoms with E-state index in [9.17, 15) is 9.18 Å². The molecule has 0 saturated heterocycles. The lowest BCUT2D eigenvalue weighted by molar-refractivity contribution is -0.123. The molecule has 0 unspecified atom stereocenters. The summed E-state index contributed by atoms with van der Waals surface area (Å²) >= 11 is 3.89. The second kappa shape index (κ2) is 11.3. The standard InChI is InChI=1S/C15H22FNO4S/c1-2-13(18)11-20-7-3-6-19-8-9-21-15-10-12(17-22)4-5-14(15)16/h4-5,10,17,22H,2-3,6-9,11H2,1H3. The van der Waals surface area contributed by atoms with Crippen molar-refractivity contribution < 1.29 is 23.4 Å². The van der Waals surface area contributed by atoms with Gasteiger partial charge in [0.2, 0.25) is 0 Å². The second-order valence-corrected chi connectivity index (χ2v) is 4.74. The molecule has 0 spiro atoms. The highest BCUT2D eigenvalue weighted by atomic mass is 32.1. The maximum atomic E-state index is 13.5. The van der Waals surface area contributed by atoms with E-state index in [0.717, 1.165) is 0 Å². The van der Waals surface area contributed by atoms with Gasteiger partial charge in [0.15, 0.2) is 17.3 Å². The topological polar surface area (TPSA) is 56.8 Å². The molecule has 7 heteroatoms. The number of hydrogen-bond donors (Lipinski definition) is 2. The van der Waals surface area contributed by atoms with Crippen molar-refractivity contribution in [3.8, 4) is 5.75 Å². The Labute approximate surface area is 135 Å². The normalized spacial score (nSPS) is 10.5. The number of anilines is 1. The van der Waals surface area contributed by atoms with Crippen molar-refractivity contribution in [2.45, 2.75) is 19.8 Å². The van der Waals surface area contributed by atoms with E-state index in [0.29, 0.717) is 38.3 Å². The predicted octanol–water partition coefficient (Wildman–Crippen LogP) is 2.86. The Morgan fingerprint density at radius 2 is 2.00 bits per heavy atom. The van der Waals surface area contributed by atoms with Crippen molar-refractivity contribution in [3.05, 3.63) is 24.0 Å². The summed E-state index contributed by atoms with van der Waals surface area (Å²) in [5.41, 5.74) is 0.652. The molecule has 5 nitrogen and oxygen atoms in total. The average molecular weight is 331 g/mol. The van der Waals surface area contributed by atoms with Crippen LogP contribution in [0.15, 0.2) is 18.2 Å². The molecule has 0 aliphatic carbocycles. The highest BCUT2D eigenvalue weighted by Crippen LogP contribution is 2.22. The Balaban J connectivity index is 2.05. The van der Waals surface area contributed by atoms with Gasteiger partial charge in [0.25, 0.3) is 0 Å². The van der Waals surface area contributed by atoms with Crippen molar-refractivity contribution >= 4 is 24.3 Å². The van der Waals surface area contributed by atoms with Gasteiger partial charge in [0, 0.05) is 31.4 Å². The van der Waals surface area contributed by atoms with E-state index in [1.165, 1.54) is 12.1 Å². The van der Waals surface area contributed by atoms with Gasteiger partial charge in [-0.25, -0.2) is 4.39 Å². The largest absolute Gasteiger partial charge is 0.488 e. The van der Waals surface area contributed by atoms with Gasteiger partial charge in [-0.05, 0) is 18.6 Å². The second-order valence-electron chi connectivity index (χ2n) is 4.52. The van der Waals surface area contributed by atoms with Crippen LogP contribution in [0.5, 0.6) is 5.75 Å². The van der Waals surface area contributed by atoms with Crippen molar-refractivity contribution in [2.24, 2.45) is 0 Å². The highest BCUT2D eigenvalue weighted by molar-refractivity contribution is 7.81. The SMILES string of the molecule is CCC(=O)COCCCOCCOc1cc(NS)ccc1F. The molecule has 0 bridgehead atoms. The van der Waals surface area contributed by atoms with Gasteiger partial charge in [-0.2, -0.15) is 0 Å². The van der Waals surface area contributed by atoms with Crippen LogP contribution in [-0.2, 0) is 14.3 Å². The molecule has 1 N–H and O–H groups in total. The molecule has 22 heavy (non-hydrogen) atoms. The van der Waals surface area contributed by atoms with Gasteiger partial charge in [-0.1, -0.05) is 19.7 Å². The molecule has 0 amide bonds. The highest BCUT2D eigenvalue weighted by Gasteiger charge is 2.04. The summed E-state index contributed by atoms with van der Waals surface area (Å²) in [6.07, 6.45) is 1.19. The van der Waals surface area contributed by atoms with Crippen LogP contribution in [-0.4, -0.2) is 38.8 Å². The molecule has 0 atom stereocenters. The third-order valence-electron chi connectivity index (χ3n) is 2.78. The fraction of sp³-hybridized carbons (Fsp3) is 0.533. The zero-order valence-corrected chi connectivity index (χ0v) is 13.5. The number of ether oxygens (including phenoxy) is 3. The van der Waals surface area contributed by atoms with Crippen molar-refractivity contribution in [3.63, 3.8) is 0 Å². The fourth-order valence-corrected chi connectivity index (χ4v) is 1.69. The van der Waals surface area contributed by atoms with Crippen molar-refractivity contribution in [2.75, 3.05) is 37.8 Å². The number of ketones is 1. The van der Waals surface area contributed by atoms with E-state index in [2.05, 4.69) is 17.5 Å². The Bertz CT molecular complexity index is 459. The fourth-order valence-electron chi connectivity index (χ4n) is 1.55. The Hall–Kier alpha value is -1.31. The average Bonchev–Trinajstić information content (AvgIpc) is 2.54. The first-order valence-electron chi connectivity index (χ1n) is 7.17. The van der Waals surface area contributed by atoms with Gasteiger partial charge in [-0.15, -0.1) is 0 Å². The van der Waals surface area contributed by atoms with Crippen molar-refractivity contribution in [1.29, 1.82) is 0 Å². The zero-order chi connectivity index (χ0) is 16.2. The Kier molecular flexibility index (Phi) is 9.61. The summed E-state index contributed by atoms with van der Waals surface area (Å²) in [6.45, 7) is 3.56. The molecule has 0 saturated carbocycles. The smallest absolute Gasteiger partial charge is 0.165 e. The number of hydrogen-bond acceptors (Lipinski definition) is 6. The van der Waals surface area contributed by atoms with Crippen LogP contribution >= 0.6 is 12.8 Å². The van der Waals surface area contributed by atoms with Crippen molar-refractivity contribution in [1.82, 2.24) is 0 Å². The number of thiol groups is 1. The summed E-state index contributed by atoms with van der Waals surface area (Å²) in [7, 11) is 0. The van der Waals surface area contributed by atoms with Crippen LogP contribution in [0.4, 0.5) is 10.1 Å². The maximum absolute atomic E-state index is 13.5. The van der Waals surface area contributed by atoms with Gasteiger partial charge in [0.05, 0.1) is 6.61 Å². The van der Waals surface area contributed by atoms with E-state index in [1.807, 2.05) is 0 Å². The molecule has 1 aromatic rings. The number of carbonyl (C=O) groups excluding carboxylic acids is 1. The molecular weight excluding hydrogens is 309 g/mol. The molecule has 1 aromatic carbocycles. The van der Waals surface area contributed by atoms with E-state index in [4.69, 9.17) is 14.2 Å². The van der Waals surface area contributed by atoms with Gasteiger partial charge >= 0.3 is 0 Å². The molecule has 0 heterocycles. The number of carbonyl (C=O) groups is 1. The van der Waals surface area contributed by atoms with E-state index >= 15 is 0 Å². The minimum atomic E-state index is -0.429. The zero-order valence-electron chi connectivity index (χ0n) is 12.6. The Morgan fingerprint density at radius 1 is 1.23 bits per heavy atom. The monoisotopic (exact) mass is 331 g/mol. The minimum absolute atomic E-state index is 0.0919. The molecule has 0 fully saturated rings. The van der Waals surface area contributed by atoms with Crippen LogP contribution in [0.25, 0.3) is 0 Å². The summed E-state index contributed by atoms with van der Waals surface area (Å²) in [5.74, 6) is -0.181. The third-order valence-corrected chi connectivity index (χ3v) is 3.04. The van der Waals surface area contributed by atoms with Gasteiger partial charge in [-0.3, -0.25) is 4.79 Å². The number of nitrogens with one attached hydrogen (secondary N) is 1. The first kappa shape index (κ1) is 18.7. The maximum Gasteiger partial charge on any atom is 0.165 e. The summed E-state index contributed by atoms with van der Waals surface area (Å²) in [4.78, 5) is 11.0. The summed E-state index contributed by atoms with van der Waals surface area (Å²) in [6, 6.07) is 4.40. The van der Waals surface area contributed by atoms with Gasteiger partial charge < -0.3 is 18.9 Å². The molecule has 0 aliphatic heterocycles. The van der Waals surface area contributed by atoms with Crippen LogP contribution in [0, 0.1) is 5.82 Å². The first-order valence-corrected chi connectivity index (χ1v) is 7.61. The third kappa shape index (κ3) is 7.63. The lowest BCUT2D eigenvalue weighted by Gasteiger charge is -2.09. The lowest BCUT2D eigenvalue weighted by atomic mass is 10.3. The van der Waals surface area contributed by atoms with E-state index < -0.39 is 5.82 Å². The van der Waals surface area contributed by atoms with Gasteiger partial charge in [0.1, 0.15) is 13.2 Å². The van der Waals surface area contributed by atoms with Crippen LogP contribution in [0.2, 0.25) is 0 Å². The minimum Gasteiger partial charge on any atom is -0.488 e. The molecule has 124 valence electrons. The van der Waals surface area contributed by atoms with Crippen LogP contribution in [0.3, 0.4) is 0 Å². The lowest BCUT2D eigenvalue weighted by Crippen LogP contribution is -2.11. The quantitative estimate of drug-likeness (QED) is 0.456. The van der Waals surface area contributed by atoms with E-state index in [1.54, 1.807) is 13.0 Å². The molecule has 0 aromatic heterocycles. The number of halogens is 1. The van der Waals surface area contributed by atoms with E-state index in [-0.39, 0.29) is 24.7 Å². The molecule has 0 radical (unpaired) electrons.